The predicted molar refractivity (Wildman–Crippen MR) is 82.7 cm³/mol. The Bertz CT molecular complexity index is 558. The second-order valence-corrected chi connectivity index (χ2v) is 6.82. The second-order valence-electron chi connectivity index (χ2n) is 6.82. The third kappa shape index (κ3) is 5.40. The van der Waals surface area contributed by atoms with Crippen molar-refractivity contribution < 1.29 is 27.4 Å². The lowest BCUT2D eigenvalue weighted by Gasteiger charge is -2.39. The summed E-state index contributed by atoms with van der Waals surface area (Å²) >= 11 is 0. The Hall–Kier alpha value is -1.76. The van der Waals surface area contributed by atoms with Crippen LogP contribution in [-0.2, 0) is 22.1 Å². The van der Waals surface area contributed by atoms with Crippen LogP contribution in [0.1, 0.15) is 31.9 Å². The van der Waals surface area contributed by atoms with Crippen molar-refractivity contribution >= 4 is 6.09 Å². The van der Waals surface area contributed by atoms with Crippen LogP contribution in [-0.4, -0.2) is 42.4 Å². The van der Waals surface area contributed by atoms with E-state index in [1.54, 1.807) is 4.90 Å². The Morgan fingerprint density at radius 2 is 1.75 bits per heavy atom. The molecular formula is C17H22F3NO3. The molecule has 1 fully saturated rings. The van der Waals surface area contributed by atoms with Crippen molar-refractivity contribution in [1.82, 2.24) is 4.90 Å². The van der Waals surface area contributed by atoms with Gasteiger partial charge in [-0.25, -0.2) is 4.79 Å². The first-order chi connectivity index (χ1) is 11.0. The van der Waals surface area contributed by atoms with Crippen molar-refractivity contribution in [3.63, 3.8) is 0 Å². The van der Waals surface area contributed by atoms with Gasteiger partial charge in [-0.1, -0.05) is 12.1 Å². The molecule has 0 bridgehead atoms. The fourth-order valence-electron chi connectivity index (χ4n) is 2.22. The van der Waals surface area contributed by atoms with Gasteiger partial charge in [0.1, 0.15) is 5.60 Å². The number of benzene rings is 1. The topological polar surface area (TPSA) is 38.8 Å². The van der Waals surface area contributed by atoms with Crippen LogP contribution in [0.5, 0.6) is 0 Å². The standard InChI is InChI=1S/C17H22F3NO3/c1-16(2,3)24-15(22)21-10-14(11-21)23-9-8-12-4-6-13(7-5-12)17(18,19)20/h4-7,14H,8-11H2,1-3H3. The van der Waals surface area contributed by atoms with Crippen LogP contribution in [0.25, 0.3) is 0 Å². The van der Waals surface area contributed by atoms with Gasteiger partial charge >= 0.3 is 12.3 Å². The van der Waals surface area contributed by atoms with Crippen molar-refractivity contribution in [1.29, 1.82) is 0 Å². The van der Waals surface area contributed by atoms with Gasteiger partial charge in [0.05, 0.1) is 31.4 Å². The summed E-state index contributed by atoms with van der Waals surface area (Å²) in [6.45, 7) is 6.77. The molecule has 1 aromatic rings. The van der Waals surface area contributed by atoms with Crippen molar-refractivity contribution in [3.8, 4) is 0 Å². The lowest BCUT2D eigenvalue weighted by Crippen LogP contribution is -2.56. The Morgan fingerprint density at radius 3 is 2.25 bits per heavy atom. The molecule has 0 spiro atoms. The molecule has 1 aliphatic rings. The van der Waals surface area contributed by atoms with E-state index in [2.05, 4.69) is 0 Å². The van der Waals surface area contributed by atoms with Gasteiger partial charge in [0.15, 0.2) is 0 Å². The van der Waals surface area contributed by atoms with E-state index >= 15 is 0 Å². The minimum atomic E-state index is -4.31. The number of hydrogen-bond acceptors (Lipinski definition) is 3. The summed E-state index contributed by atoms with van der Waals surface area (Å²) < 4.78 is 48.3. The third-order valence-corrected chi connectivity index (χ3v) is 3.53. The fraction of sp³-hybridized carbons (Fsp3) is 0.588. The molecule has 2 rings (SSSR count). The van der Waals surface area contributed by atoms with Crippen LogP contribution in [0.15, 0.2) is 24.3 Å². The van der Waals surface area contributed by atoms with Crippen LogP contribution in [0.3, 0.4) is 0 Å². The number of carbonyl (C=O) groups is 1. The van der Waals surface area contributed by atoms with Gasteiger partial charge in [-0.3, -0.25) is 0 Å². The molecule has 7 heteroatoms. The average Bonchev–Trinajstić information content (AvgIpc) is 2.38. The molecule has 0 aromatic heterocycles. The minimum absolute atomic E-state index is 0.0491. The molecule has 1 aromatic carbocycles. The van der Waals surface area contributed by atoms with Crippen LogP contribution in [0.2, 0.25) is 0 Å². The zero-order valence-electron chi connectivity index (χ0n) is 14.0. The molecule has 1 amide bonds. The molecular weight excluding hydrogens is 323 g/mol. The first-order valence-corrected chi connectivity index (χ1v) is 7.80. The molecule has 0 radical (unpaired) electrons. The first-order valence-electron chi connectivity index (χ1n) is 7.80. The molecule has 0 aliphatic carbocycles. The molecule has 0 unspecified atom stereocenters. The maximum atomic E-state index is 12.5. The van der Waals surface area contributed by atoms with E-state index in [1.807, 2.05) is 20.8 Å². The molecule has 1 heterocycles. The number of likely N-dealkylation sites (tertiary alicyclic amines) is 1. The molecule has 24 heavy (non-hydrogen) atoms. The van der Waals surface area contributed by atoms with Gasteiger partial charge in [-0.15, -0.1) is 0 Å². The number of amides is 1. The molecule has 0 N–H and O–H groups in total. The smallest absolute Gasteiger partial charge is 0.416 e. The van der Waals surface area contributed by atoms with E-state index in [-0.39, 0.29) is 12.2 Å². The van der Waals surface area contributed by atoms with Crippen LogP contribution >= 0.6 is 0 Å². The SMILES string of the molecule is CC(C)(C)OC(=O)N1CC(OCCc2ccc(C(F)(F)F)cc2)C1. The third-order valence-electron chi connectivity index (χ3n) is 3.53. The maximum Gasteiger partial charge on any atom is 0.416 e. The van der Waals surface area contributed by atoms with E-state index < -0.39 is 17.3 Å². The summed E-state index contributed by atoms with van der Waals surface area (Å²) in [5, 5.41) is 0. The van der Waals surface area contributed by atoms with Gasteiger partial charge in [0.25, 0.3) is 0 Å². The summed E-state index contributed by atoms with van der Waals surface area (Å²) in [6, 6.07) is 5.06. The lowest BCUT2D eigenvalue weighted by molar-refractivity contribution is -0.137. The highest BCUT2D eigenvalue weighted by Gasteiger charge is 2.34. The number of nitrogens with zero attached hydrogens (tertiary/aromatic N) is 1. The monoisotopic (exact) mass is 345 g/mol. The predicted octanol–water partition coefficient (Wildman–Crippen LogP) is 3.88. The summed E-state index contributed by atoms with van der Waals surface area (Å²) in [4.78, 5) is 13.3. The summed E-state index contributed by atoms with van der Waals surface area (Å²) in [7, 11) is 0. The van der Waals surface area contributed by atoms with E-state index in [0.717, 1.165) is 17.7 Å². The normalized spacial score (nSPS) is 16.0. The van der Waals surface area contributed by atoms with Crippen molar-refractivity contribution in [2.75, 3.05) is 19.7 Å². The zero-order chi connectivity index (χ0) is 18.0. The number of halogens is 3. The Kier molecular flexibility index (Phi) is 5.42. The first kappa shape index (κ1) is 18.6. The van der Waals surface area contributed by atoms with Crippen molar-refractivity contribution in [2.45, 2.75) is 45.1 Å². The van der Waals surface area contributed by atoms with E-state index in [4.69, 9.17) is 9.47 Å². The van der Waals surface area contributed by atoms with Crippen LogP contribution < -0.4 is 0 Å². The summed E-state index contributed by atoms with van der Waals surface area (Å²) in [5.74, 6) is 0. The van der Waals surface area contributed by atoms with Gasteiger partial charge in [0.2, 0.25) is 0 Å². The quantitative estimate of drug-likeness (QED) is 0.831. The van der Waals surface area contributed by atoms with Gasteiger partial charge in [0, 0.05) is 0 Å². The fourth-order valence-corrected chi connectivity index (χ4v) is 2.22. The average molecular weight is 345 g/mol. The number of ether oxygens (including phenoxy) is 2. The molecule has 134 valence electrons. The molecule has 1 aliphatic heterocycles. The zero-order valence-corrected chi connectivity index (χ0v) is 14.0. The largest absolute Gasteiger partial charge is 0.444 e. The Labute approximate surface area is 139 Å². The minimum Gasteiger partial charge on any atom is -0.444 e. The highest BCUT2D eigenvalue weighted by molar-refractivity contribution is 5.69. The van der Waals surface area contributed by atoms with Gasteiger partial charge in [-0.2, -0.15) is 13.2 Å². The number of hydrogen-bond donors (Lipinski definition) is 0. The van der Waals surface area contributed by atoms with Crippen molar-refractivity contribution in [3.05, 3.63) is 35.4 Å². The van der Waals surface area contributed by atoms with E-state index in [9.17, 15) is 18.0 Å². The van der Waals surface area contributed by atoms with E-state index in [1.165, 1.54) is 12.1 Å². The van der Waals surface area contributed by atoms with Crippen LogP contribution in [0.4, 0.5) is 18.0 Å². The number of alkyl halides is 3. The molecule has 0 atom stereocenters. The number of carbonyl (C=O) groups excluding carboxylic acids is 1. The Morgan fingerprint density at radius 1 is 1.17 bits per heavy atom. The number of rotatable bonds is 4. The molecule has 0 saturated carbocycles. The van der Waals surface area contributed by atoms with Gasteiger partial charge < -0.3 is 14.4 Å². The Balaban J connectivity index is 1.67. The molecule has 4 nitrogen and oxygen atoms in total. The van der Waals surface area contributed by atoms with Gasteiger partial charge in [-0.05, 0) is 44.9 Å². The summed E-state index contributed by atoms with van der Waals surface area (Å²) in [6.07, 6.45) is -4.19. The second kappa shape index (κ2) is 7.01. The highest BCUT2D eigenvalue weighted by atomic mass is 19.4. The highest BCUT2D eigenvalue weighted by Crippen LogP contribution is 2.29. The lowest BCUT2D eigenvalue weighted by atomic mass is 10.1. The maximum absolute atomic E-state index is 12.5. The van der Waals surface area contributed by atoms with E-state index in [0.29, 0.717) is 26.1 Å². The molecule has 1 saturated heterocycles. The van der Waals surface area contributed by atoms with Crippen molar-refractivity contribution in [2.24, 2.45) is 0 Å². The summed E-state index contributed by atoms with van der Waals surface area (Å²) in [5.41, 5.74) is -0.392. The van der Waals surface area contributed by atoms with Crippen LogP contribution in [0, 0.1) is 0 Å².